The fourth-order valence-corrected chi connectivity index (χ4v) is 4.32. The van der Waals surface area contributed by atoms with Crippen molar-refractivity contribution in [2.45, 2.75) is 19.5 Å². The van der Waals surface area contributed by atoms with Crippen molar-refractivity contribution < 1.29 is 19.0 Å². The number of carbonyl (C=O) groups is 1. The number of ether oxygens (including phenoxy) is 3. The van der Waals surface area contributed by atoms with Gasteiger partial charge in [-0.3, -0.25) is 15.1 Å². The SMILES string of the molecule is CCCSC1=NN2C(=c3ccccc3=NC2c2cc(OC)c3c(c2)OCO3)C(=O)N1. The number of hydrogen-bond acceptors (Lipinski definition) is 8. The Morgan fingerprint density at radius 3 is 3.00 bits per heavy atom. The summed E-state index contributed by atoms with van der Waals surface area (Å²) in [6.45, 7) is 2.23. The number of benzene rings is 2. The average Bonchev–Trinajstić information content (AvgIpc) is 3.25. The molecule has 9 heteroatoms. The zero-order valence-corrected chi connectivity index (χ0v) is 17.4. The summed E-state index contributed by atoms with van der Waals surface area (Å²) >= 11 is 1.52. The maximum atomic E-state index is 13.1. The van der Waals surface area contributed by atoms with Gasteiger partial charge in [-0.1, -0.05) is 36.9 Å². The number of amidine groups is 1. The van der Waals surface area contributed by atoms with Crippen LogP contribution < -0.4 is 30.1 Å². The van der Waals surface area contributed by atoms with Crippen molar-refractivity contribution in [3.8, 4) is 17.2 Å². The van der Waals surface area contributed by atoms with E-state index in [2.05, 4.69) is 12.2 Å². The molecule has 3 aliphatic rings. The van der Waals surface area contributed by atoms with Crippen molar-refractivity contribution in [3.63, 3.8) is 0 Å². The lowest BCUT2D eigenvalue weighted by molar-refractivity contribution is -0.116. The van der Waals surface area contributed by atoms with Crippen molar-refractivity contribution in [3.05, 3.63) is 52.5 Å². The standard InChI is InChI=1S/C21H20N4O4S/c1-3-8-30-21-23-20(26)17-13-6-4-5-7-14(13)22-19(25(17)24-21)12-9-15(27-2)18-16(10-12)28-11-29-18/h4-7,9-10,19H,3,8,11H2,1-2H3,(H,23,24,26). The molecule has 1 amide bonds. The van der Waals surface area contributed by atoms with Crippen LogP contribution in [0.25, 0.3) is 5.70 Å². The quantitative estimate of drug-likeness (QED) is 0.805. The fourth-order valence-electron chi connectivity index (χ4n) is 3.61. The molecule has 3 aliphatic heterocycles. The highest BCUT2D eigenvalue weighted by Crippen LogP contribution is 2.44. The molecule has 0 radical (unpaired) electrons. The first-order valence-electron chi connectivity index (χ1n) is 9.66. The van der Waals surface area contributed by atoms with Gasteiger partial charge in [0.25, 0.3) is 5.91 Å². The topological polar surface area (TPSA) is 84.8 Å². The van der Waals surface area contributed by atoms with Crippen LogP contribution in [0.15, 0.2) is 46.5 Å². The number of rotatable bonds is 4. The zero-order valence-electron chi connectivity index (χ0n) is 16.5. The molecular formula is C21H20N4O4S. The Balaban J connectivity index is 1.69. The summed E-state index contributed by atoms with van der Waals surface area (Å²) < 4.78 is 16.6. The minimum atomic E-state index is -0.540. The second-order valence-electron chi connectivity index (χ2n) is 6.88. The van der Waals surface area contributed by atoms with E-state index >= 15 is 0 Å². The predicted molar refractivity (Wildman–Crippen MR) is 113 cm³/mol. The van der Waals surface area contributed by atoms with E-state index in [9.17, 15) is 4.79 Å². The van der Waals surface area contributed by atoms with E-state index < -0.39 is 6.17 Å². The number of methoxy groups -OCH3 is 1. The number of nitrogens with zero attached hydrogens (tertiary/aromatic N) is 3. The molecule has 0 fully saturated rings. The first kappa shape index (κ1) is 18.8. The molecule has 0 aliphatic carbocycles. The molecule has 1 atom stereocenters. The van der Waals surface area contributed by atoms with Gasteiger partial charge in [0.15, 0.2) is 22.8 Å². The first-order chi connectivity index (χ1) is 14.7. The van der Waals surface area contributed by atoms with Crippen LogP contribution in [0.5, 0.6) is 17.2 Å². The molecule has 2 aromatic carbocycles. The monoisotopic (exact) mass is 424 g/mol. The summed E-state index contributed by atoms with van der Waals surface area (Å²) in [7, 11) is 1.58. The third kappa shape index (κ3) is 3.06. The molecule has 0 saturated heterocycles. The number of carbonyl (C=O) groups excluding carboxylic acids is 1. The van der Waals surface area contributed by atoms with Gasteiger partial charge in [-0.15, -0.1) is 5.10 Å². The molecule has 1 unspecified atom stereocenters. The van der Waals surface area contributed by atoms with E-state index in [-0.39, 0.29) is 12.7 Å². The molecule has 2 aromatic rings. The summed E-state index contributed by atoms with van der Waals surface area (Å²) in [6.07, 6.45) is 0.438. The third-order valence-corrected chi connectivity index (χ3v) is 6.01. The van der Waals surface area contributed by atoms with Crippen molar-refractivity contribution in [1.82, 2.24) is 10.3 Å². The number of hydrazone groups is 1. The number of thioether (sulfide) groups is 1. The van der Waals surface area contributed by atoms with Crippen LogP contribution in [0.4, 0.5) is 0 Å². The van der Waals surface area contributed by atoms with Crippen LogP contribution in [-0.4, -0.2) is 35.7 Å². The maximum absolute atomic E-state index is 13.1. The van der Waals surface area contributed by atoms with Crippen LogP contribution in [-0.2, 0) is 4.79 Å². The normalized spacial score (nSPS) is 18.8. The summed E-state index contributed by atoms with van der Waals surface area (Å²) in [6, 6.07) is 11.3. The van der Waals surface area contributed by atoms with E-state index in [0.29, 0.717) is 28.1 Å². The molecule has 3 heterocycles. The number of hydrogen-bond donors (Lipinski definition) is 1. The van der Waals surface area contributed by atoms with Gasteiger partial charge < -0.3 is 14.2 Å². The summed E-state index contributed by atoms with van der Waals surface area (Å²) in [4.78, 5) is 18.0. The molecule has 0 saturated carbocycles. The molecule has 0 aromatic heterocycles. The Morgan fingerprint density at radius 1 is 1.30 bits per heavy atom. The highest BCUT2D eigenvalue weighted by Gasteiger charge is 2.35. The largest absolute Gasteiger partial charge is 0.493 e. The van der Waals surface area contributed by atoms with Gasteiger partial charge >= 0.3 is 0 Å². The Kier molecular flexibility index (Phi) is 4.74. The van der Waals surface area contributed by atoms with Crippen molar-refractivity contribution >= 4 is 28.5 Å². The van der Waals surface area contributed by atoms with Crippen LogP contribution in [0.2, 0.25) is 0 Å². The molecule has 8 nitrogen and oxygen atoms in total. The molecule has 0 bridgehead atoms. The maximum Gasteiger partial charge on any atom is 0.276 e. The van der Waals surface area contributed by atoms with Gasteiger partial charge in [-0.25, -0.2) is 5.01 Å². The van der Waals surface area contributed by atoms with E-state index in [0.717, 1.165) is 28.3 Å². The minimum absolute atomic E-state index is 0.138. The smallest absolute Gasteiger partial charge is 0.276 e. The van der Waals surface area contributed by atoms with Gasteiger partial charge in [-0.2, -0.15) is 0 Å². The van der Waals surface area contributed by atoms with Gasteiger partial charge in [0, 0.05) is 16.5 Å². The minimum Gasteiger partial charge on any atom is -0.493 e. The summed E-state index contributed by atoms with van der Waals surface area (Å²) in [5, 5.41) is 11.4. The number of fused-ring (bicyclic) bond motifs is 3. The molecule has 154 valence electrons. The van der Waals surface area contributed by atoms with E-state index in [4.69, 9.17) is 24.3 Å². The highest BCUT2D eigenvalue weighted by molar-refractivity contribution is 8.13. The van der Waals surface area contributed by atoms with E-state index in [1.807, 2.05) is 36.4 Å². The summed E-state index contributed by atoms with van der Waals surface area (Å²) in [5.41, 5.74) is 1.27. The molecule has 5 rings (SSSR count). The average molecular weight is 424 g/mol. The molecule has 0 spiro atoms. The number of amides is 1. The van der Waals surface area contributed by atoms with Crippen LogP contribution in [0, 0.1) is 0 Å². The lowest BCUT2D eigenvalue weighted by Crippen LogP contribution is -2.50. The molecule has 30 heavy (non-hydrogen) atoms. The van der Waals surface area contributed by atoms with Gasteiger partial charge in [0.1, 0.15) is 5.70 Å². The lowest BCUT2D eigenvalue weighted by atomic mass is 10.1. The van der Waals surface area contributed by atoms with Crippen molar-refractivity contribution in [2.75, 3.05) is 19.7 Å². The molecular weight excluding hydrogens is 404 g/mol. The Labute approximate surface area is 177 Å². The second-order valence-corrected chi connectivity index (χ2v) is 7.96. The third-order valence-electron chi connectivity index (χ3n) is 4.94. The number of para-hydroxylation sites is 1. The Hall–Kier alpha value is -3.20. The first-order valence-corrected chi connectivity index (χ1v) is 10.6. The fraction of sp³-hybridized carbons (Fsp3) is 0.286. The number of nitrogens with one attached hydrogen (secondary N) is 1. The van der Waals surface area contributed by atoms with Gasteiger partial charge in [0.2, 0.25) is 12.5 Å². The second kappa shape index (κ2) is 7.56. The summed E-state index contributed by atoms with van der Waals surface area (Å²) in [5.74, 6) is 2.38. The van der Waals surface area contributed by atoms with E-state index in [1.54, 1.807) is 12.1 Å². The highest BCUT2D eigenvalue weighted by atomic mass is 32.2. The van der Waals surface area contributed by atoms with E-state index in [1.165, 1.54) is 11.8 Å². The Morgan fingerprint density at radius 2 is 2.17 bits per heavy atom. The lowest BCUT2D eigenvalue weighted by Gasteiger charge is -2.34. The predicted octanol–water partition coefficient (Wildman–Crippen LogP) is 1.71. The van der Waals surface area contributed by atoms with Crippen LogP contribution >= 0.6 is 11.8 Å². The van der Waals surface area contributed by atoms with Crippen molar-refractivity contribution in [2.24, 2.45) is 10.1 Å². The molecule has 1 N–H and O–H groups in total. The van der Waals surface area contributed by atoms with Crippen LogP contribution in [0.1, 0.15) is 25.1 Å². The zero-order chi connectivity index (χ0) is 20.7. The van der Waals surface area contributed by atoms with Crippen LogP contribution in [0.3, 0.4) is 0 Å². The van der Waals surface area contributed by atoms with Crippen molar-refractivity contribution in [1.29, 1.82) is 0 Å². The van der Waals surface area contributed by atoms with Gasteiger partial charge in [-0.05, 0) is 24.6 Å². The van der Waals surface area contributed by atoms with Gasteiger partial charge in [0.05, 0.1) is 12.5 Å². The Bertz CT molecular complexity index is 1180.